The Morgan fingerprint density at radius 2 is 1.73 bits per heavy atom. The van der Waals surface area contributed by atoms with Gasteiger partial charge in [-0.15, -0.1) is 23.2 Å². The normalized spacial score (nSPS) is 15.5. The lowest BCUT2D eigenvalue weighted by molar-refractivity contribution is -0.134. The van der Waals surface area contributed by atoms with Crippen LogP contribution in [-0.2, 0) is 4.79 Å². The first-order chi connectivity index (χ1) is 7.08. The molecular weight excluding hydrogens is 237 g/mol. The predicted octanol–water partition coefficient (Wildman–Crippen LogP) is 2.91. The second-order valence-corrected chi connectivity index (χ2v) is 4.03. The average molecular weight is 258 g/mol. The molecule has 0 bridgehead atoms. The molecular formula is C10H21Cl2NO2. The lowest BCUT2D eigenvalue weighted by Crippen LogP contribution is -2.27. The summed E-state index contributed by atoms with van der Waals surface area (Å²) in [5, 5.41) is 11.0. The Labute approximate surface area is 102 Å². The van der Waals surface area contributed by atoms with Crippen molar-refractivity contribution >= 4 is 29.2 Å². The van der Waals surface area contributed by atoms with E-state index in [2.05, 4.69) is 12.2 Å². The number of carbonyl (C=O) groups is 1. The van der Waals surface area contributed by atoms with Crippen molar-refractivity contribution in [3.63, 3.8) is 0 Å². The maximum Gasteiger partial charge on any atom is 0.300 e. The van der Waals surface area contributed by atoms with Crippen LogP contribution in [-0.4, -0.2) is 29.5 Å². The number of hydrogen-bond donors (Lipinski definition) is 2. The van der Waals surface area contributed by atoms with Crippen molar-refractivity contribution in [3.05, 3.63) is 0 Å². The van der Waals surface area contributed by atoms with Crippen molar-refractivity contribution in [1.82, 2.24) is 5.32 Å². The third-order valence-electron chi connectivity index (χ3n) is 2.04. The van der Waals surface area contributed by atoms with Gasteiger partial charge in [-0.3, -0.25) is 4.79 Å². The highest BCUT2D eigenvalue weighted by molar-refractivity contribution is 6.40. The summed E-state index contributed by atoms with van der Waals surface area (Å²) in [5.74, 6) is 0.191. The molecule has 1 aliphatic heterocycles. The Morgan fingerprint density at radius 1 is 1.40 bits per heavy atom. The molecule has 0 saturated carbocycles. The minimum absolute atomic E-state index is 0.194. The summed E-state index contributed by atoms with van der Waals surface area (Å²) in [6, 6.07) is 0. The summed E-state index contributed by atoms with van der Waals surface area (Å²) in [4.78, 5) is 9.00. The van der Waals surface area contributed by atoms with Gasteiger partial charge in [-0.25, -0.2) is 0 Å². The predicted molar refractivity (Wildman–Crippen MR) is 65.8 cm³/mol. The van der Waals surface area contributed by atoms with Gasteiger partial charge in [0.05, 0.1) is 5.34 Å². The van der Waals surface area contributed by atoms with E-state index < -0.39 is 5.97 Å². The van der Waals surface area contributed by atoms with Crippen LogP contribution in [0.1, 0.15) is 33.1 Å². The van der Waals surface area contributed by atoms with E-state index in [9.17, 15) is 0 Å². The molecule has 0 radical (unpaired) electrons. The molecule has 0 aliphatic carbocycles. The van der Waals surface area contributed by atoms with E-state index in [-0.39, 0.29) is 5.34 Å². The molecule has 0 unspecified atom stereocenters. The number of hydrogen-bond acceptors (Lipinski definition) is 2. The van der Waals surface area contributed by atoms with Crippen LogP contribution in [0.3, 0.4) is 0 Å². The number of carboxylic acid groups (broad SMARTS) is 1. The molecule has 0 amide bonds. The molecule has 0 aromatic rings. The number of rotatable bonds is 1. The molecule has 0 atom stereocenters. The molecule has 5 heteroatoms. The number of halogens is 2. The molecule has 1 saturated heterocycles. The van der Waals surface area contributed by atoms with Gasteiger partial charge in [-0.1, -0.05) is 13.3 Å². The third-order valence-corrected chi connectivity index (χ3v) is 2.04. The Hall–Kier alpha value is 0.01000. The topological polar surface area (TPSA) is 49.3 Å². The SMILES string of the molecule is CC(=O)O.CCC1CCNCC1.ClCCl. The molecule has 0 aromatic carbocycles. The van der Waals surface area contributed by atoms with E-state index in [0.29, 0.717) is 0 Å². The number of piperidine rings is 1. The average Bonchev–Trinajstić information content (AvgIpc) is 2.19. The summed E-state index contributed by atoms with van der Waals surface area (Å²) >= 11 is 9.53. The van der Waals surface area contributed by atoms with Gasteiger partial charge in [0.2, 0.25) is 0 Å². The quantitative estimate of drug-likeness (QED) is 0.711. The third kappa shape index (κ3) is 20.2. The zero-order valence-corrected chi connectivity index (χ0v) is 10.9. The molecule has 0 spiro atoms. The van der Waals surface area contributed by atoms with E-state index >= 15 is 0 Å². The van der Waals surface area contributed by atoms with E-state index in [1.54, 1.807) is 0 Å². The Kier molecular flexibility index (Phi) is 16.3. The van der Waals surface area contributed by atoms with Crippen molar-refractivity contribution < 1.29 is 9.90 Å². The molecule has 0 aromatic heterocycles. The van der Waals surface area contributed by atoms with Crippen LogP contribution in [0.2, 0.25) is 0 Å². The second kappa shape index (κ2) is 14.0. The first kappa shape index (κ1) is 17.4. The fraction of sp³-hybridized carbons (Fsp3) is 0.900. The molecule has 1 aliphatic rings. The van der Waals surface area contributed by atoms with Crippen molar-refractivity contribution in [2.75, 3.05) is 18.4 Å². The van der Waals surface area contributed by atoms with Crippen LogP contribution in [0.25, 0.3) is 0 Å². The van der Waals surface area contributed by atoms with Gasteiger partial charge in [0.1, 0.15) is 0 Å². The monoisotopic (exact) mass is 257 g/mol. The van der Waals surface area contributed by atoms with E-state index in [1.165, 1.54) is 32.4 Å². The molecule has 3 nitrogen and oxygen atoms in total. The lowest BCUT2D eigenvalue weighted by Gasteiger charge is -2.20. The van der Waals surface area contributed by atoms with Gasteiger partial charge in [-0.2, -0.15) is 0 Å². The van der Waals surface area contributed by atoms with Crippen LogP contribution in [0.4, 0.5) is 0 Å². The highest BCUT2D eigenvalue weighted by atomic mass is 35.5. The molecule has 15 heavy (non-hydrogen) atoms. The van der Waals surface area contributed by atoms with Crippen molar-refractivity contribution in [2.24, 2.45) is 5.92 Å². The number of carboxylic acids is 1. The molecule has 1 rings (SSSR count). The van der Waals surface area contributed by atoms with Gasteiger partial charge in [0.15, 0.2) is 0 Å². The zero-order chi connectivity index (χ0) is 12.1. The summed E-state index contributed by atoms with van der Waals surface area (Å²) in [5.41, 5.74) is 0. The smallest absolute Gasteiger partial charge is 0.300 e. The van der Waals surface area contributed by atoms with E-state index in [4.69, 9.17) is 33.1 Å². The fourth-order valence-electron chi connectivity index (χ4n) is 1.29. The number of nitrogens with one attached hydrogen (secondary N) is 1. The van der Waals surface area contributed by atoms with Crippen LogP contribution >= 0.6 is 23.2 Å². The van der Waals surface area contributed by atoms with Crippen LogP contribution in [0.5, 0.6) is 0 Å². The first-order valence-corrected chi connectivity index (χ1v) is 6.17. The standard InChI is InChI=1S/C7H15N.C2H4O2.CH2Cl2/c1-2-7-3-5-8-6-4-7;1-2(3)4;2-1-3/h7-8H,2-6H2,1H3;1H3,(H,3,4);1H2. The lowest BCUT2D eigenvalue weighted by atomic mass is 9.96. The molecule has 1 fully saturated rings. The summed E-state index contributed by atoms with van der Waals surface area (Å²) in [6.45, 7) is 5.87. The van der Waals surface area contributed by atoms with Gasteiger partial charge in [0.25, 0.3) is 5.97 Å². The Balaban J connectivity index is 0. The Morgan fingerprint density at radius 3 is 1.93 bits per heavy atom. The minimum Gasteiger partial charge on any atom is -0.481 e. The summed E-state index contributed by atoms with van der Waals surface area (Å²) < 4.78 is 0. The summed E-state index contributed by atoms with van der Waals surface area (Å²) in [7, 11) is 0. The van der Waals surface area contributed by atoms with Crippen LogP contribution in [0, 0.1) is 5.92 Å². The first-order valence-electron chi connectivity index (χ1n) is 5.10. The highest BCUT2D eigenvalue weighted by Gasteiger charge is 2.08. The van der Waals surface area contributed by atoms with Gasteiger partial charge in [0, 0.05) is 6.92 Å². The maximum atomic E-state index is 9.00. The van der Waals surface area contributed by atoms with Gasteiger partial charge < -0.3 is 10.4 Å². The van der Waals surface area contributed by atoms with Gasteiger partial charge in [-0.05, 0) is 31.8 Å². The van der Waals surface area contributed by atoms with Crippen molar-refractivity contribution in [3.8, 4) is 0 Å². The zero-order valence-electron chi connectivity index (χ0n) is 9.43. The van der Waals surface area contributed by atoms with Crippen LogP contribution < -0.4 is 5.32 Å². The van der Waals surface area contributed by atoms with Crippen LogP contribution in [0.15, 0.2) is 0 Å². The molecule has 92 valence electrons. The Bertz CT molecular complexity index is 135. The largest absolute Gasteiger partial charge is 0.481 e. The van der Waals surface area contributed by atoms with Crippen molar-refractivity contribution in [2.45, 2.75) is 33.1 Å². The summed E-state index contributed by atoms with van der Waals surface area (Å²) in [6.07, 6.45) is 4.18. The number of aliphatic carboxylic acids is 1. The second-order valence-electron chi connectivity index (χ2n) is 3.22. The molecule has 2 N–H and O–H groups in total. The number of alkyl halides is 2. The van der Waals surface area contributed by atoms with Crippen molar-refractivity contribution in [1.29, 1.82) is 0 Å². The maximum absolute atomic E-state index is 9.00. The van der Waals surface area contributed by atoms with E-state index in [1.807, 2.05) is 0 Å². The van der Waals surface area contributed by atoms with Gasteiger partial charge >= 0.3 is 0 Å². The minimum atomic E-state index is -0.833. The fourth-order valence-corrected chi connectivity index (χ4v) is 1.29. The van der Waals surface area contributed by atoms with E-state index in [0.717, 1.165) is 12.8 Å². The molecule has 1 heterocycles. The highest BCUT2D eigenvalue weighted by Crippen LogP contribution is 2.13.